The van der Waals surface area contributed by atoms with Crippen LogP contribution >= 0.6 is 0 Å². The molecule has 3 rings (SSSR count). The Morgan fingerprint density at radius 2 is 1.64 bits per heavy atom. The van der Waals surface area contributed by atoms with Gasteiger partial charge in [-0.3, -0.25) is 9.78 Å². The lowest BCUT2D eigenvalue weighted by atomic mass is 10.2. The molecule has 0 aliphatic heterocycles. The van der Waals surface area contributed by atoms with E-state index in [0.717, 1.165) is 23.4 Å². The summed E-state index contributed by atoms with van der Waals surface area (Å²) in [5.41, 5.74) is 3.49. The summed E-state index contributed by atoms with van der Waals surface area (Å²) in [5.74, 6) is 0.442. The zero-order valence-corrected chi connectivity index (χ0v) is 16.3. The second kappa shape index (κ2) is 8.94. The third kappa shape index (κ3) is 5.03. The van der Waals surface area contributed by atoms with Crippen molar-refractivity contribution >= 4 is 23.1 Å². The first-order chi connectivity index (χ1) is 13.5. The molecular formula is C21H24N6O. The summed E-state index contributed by atoms with van der Waals surface area (Å²) < 4.78 is 0. The molecule has 28 heavy (non-hydrogen) atoms. The van der Waals surface area contributed by atoms with Crippen molar-refractivity contribution in [2.45, 2.75) is 6.42 Å². The van der Waals surface area contributed by atoms with Crippen molar-refractivity contribution in [2.24, 2.45) is 0 Å². The van der Waals surface area contributed by atoms with E-state index in [0.29, 0.717) is 18.1 Å². The van der Waals surface area contributed by atoms with Crippen molar-refractivity contribution < 1.29 is 4.79 Å². The van der Waals surface area contributed by atoms with Crippen LogP contribution in [0.1, 0.15) is 16.1 Å². The molecule has 7 heteroatoms. The van der Waals surface area contributed by atoms with E-state index in [-0.39, 0.29) is 5.91 Å². The van der Waals surface area contributed by atoms with E-state index in [2.05, 4.69) is 20.5 Å². The van der Waals surface area contributed by atoms with Gasteiger partial charge in [-0.25, -0.2) is 0 Å². The van der Waals surface area contributed by atoms with E-state index in [1.54, 1.807) is 36.5 Å². The predicted octanol–water partition coefficient (Wildman–Crippen LogP) is 3.00. The monoisotopic (exact) mass is 376 g/mol. The second-order valence-electron chi connectivity index (χ2n) is 6.70. The normalized spacial score (nSPS) is 10.4. The van der Waals surface area contributed by atoms with Gasteiger partial charge in [0.25, 0.3) is 5.91 Å². The Hall–Kier alpha value is -3.48. The molecule has 1 amide bonds. The van der Waals surface area contributed by atoms with Gasteiger partial charge < -0.3 is 15.1 Å². The largest absolute Gasteiger partial charge is 0.378 e. The first-order valence-corrected chi connectivity index (χ1v) is 9.05. The van der Waals surface area contributed by atoms with Crippen LogP contribution in [0.2, 0.25) is 0 Å². The molecule has 3 aromatic rings. The van der Waals surface area contributed by atoms with E-state index in [9.17, 15) is 4.79 Å². The van der Waals surface area contributed by atoms with Crippen LogP contribution in [0.5, 0.6) is 0 Å². The van der Waals surface area contributed by atoms with Gasteiger partial charge in [-0.2, -0.15) is 0 Å². The van der Waals surface area contributed by atoms with Gasteiger partial charge >= 0.3 is 0 Å². The maximum absolute atomic E-state index is 12.5. The molecular weight excluding hydrogens is 352 g/mol. The number of nitrogens with zero attached hydrogens (tertiary/aromatic N) is 5. The Morgan fingerprint density at radius 1 is 0.929 bits per heavy atom. The number of hydrogen-bond acceptors (Lipinski definition) is 6. The van der Waals surface area contributed by atoms with Gasteiger partial charge in [-0.15, -0.1) is 10.2 Å². The molecule has 0 bridgehead atoms. The van der Waals surface area contributed by atoms with Gasteiger partial charge in [0.15, 0.2) is 11.5 Å². The molecule has 1 aromatic carbocycles. The first-order valence-electron chi connectivity index (χ1n) is 9.05. The number of amides is 1. The number of likely N-dealkylation sites (N-methyl/N-ethyl adjacent to an activating group) is 1. The third-order valence-corrected chi connectivity index (χ3v) is 4.37. The lowest BCUT2D eigenvalue weighted by Gasteiger charge is -2.16. The fraction of sp³-hybridized carbons (Fsp3) is 0.238. The van der Waals surface area contributed by atoms with E-state index in [4.69, 9.17) is 0 Å². The molecule has 0 saturated heterocycles. The van der Waals surface area contributed by atoms with Crippen molar-refractivity contribution in [3.63, 3.8) is 0 Å². The summed E-state index contributed by atoms with van der Waals surface area (Å²) in [4.78, 5) is 20.2. The van der Waals surface area contributed by atoms with E-state index in [1.807, 2.05) is 55.4 Å². The molecule has 0 spiro atoms. The van der Waals surface area contributed by atoms with Gasteiger partial charge in [-0.1, -0.05) is 0 Å². The van der Waals surface area contributed by atoms with Crippen LogP contribution < -0.4 is 10.2 Å². The molecule has 7 nitrogen and oxygen atoms in total. The van der Waals surface area contributed by atoms with Gasteiger partial charge in [0.05, 0.1) is 0 Å². The van der Waals surface area contributed by atoms with E-state index in [1.165, 1.54) is 0 Å². The highest BCUT2D eigenvalue weighted by Gasteiger charge is 2.14. The molecule has 0 unspecified atom stereocenters. The van der Waals surface area contributed by atoms with E-state index >= 15 is 0 Å². The zero-order valence-electron chi connectivity index (χ0n) is 16.3. The summed E-state index contributed by atoms with van der Waals surface area (Å²) in [7, 11) is 5.76. The Balaban J connectivity index is 1.57. The maximum Gasteiger partial charge on any atom is 0.274 e. The lowest BCUT2D eigenvalue weighted by molar-refractivity contribution is 0.0789. The summed E-state index contributed by atoms with van der Waals surface area (Å²) in [5, 5.41) is 11.4. The Bertz CT molecular complexity index is 894. The number of benzene rings is 1. The van der Waals surface area contributed by atoms with Crippen molar-refractivity contribution in [3.8, 4) is 0 Å². The van der Waals surface area contributed by atoms with Crippen molar-refractivity contribution in [3.05, 3.63) is 72.2 Å². The molecule has 2 heterocycles. The second-order valence-corrected chi connectivity index (χ2v) is 6.70. The molecule has 0 aliphatic carbocycles. The quantitative estimate of drug-likeness (QED) is 0.683. The molecule has 0 atom stereocenters. The predicted molar refractivity (Wildman–Crippen MR) is 111 cm³/mol. The van der Waals surface area contributed by atoms with Crippen molar-refractivity contribution in [1.29, 1.82) is 0 Å². The van der Waals surface area contributed by atoms with Crippen LogP contribution in [-0.4, -0.2) is 53.7 Å². The van der Waals surface area contributed by atoms with Gasteiger partial charge in [-0.05, 0) is 60.5 Å². The number of nitrogens with one attached hydrogen (secondary N) is 1. The smallest absolute Gasteiger partial charge is 0.274 e. The van der Waals surface area contributed by atoms with Crippen LogP contribution in [-0.2, 0) is 6.42 Å². The number of aromatic nitrogens is 3. The Morgan fingerprint density at radius 3 is 2.25 bits per heavy atom. The van der Waals surface area contributed by atoms with Crippen molar-refractivity contribution in [1.82, 2.24) is 20.1 Å². The average molecular weight is 376 g/mol. The average Bonchev–Trinajstić information content (AvgIpc) is 2.73. The molecule has 144 valence electrons. The third-order valence-electron chi connectivity index (χ3n) is 4.37. The Labute approximate surface area is 165 Å². The molecule has 1 N–H and O–H groups in total. The molecule has 0 saturated carbocycles. The van der Waals surface area contributed by atoms with Crippen LogP contribution in [0.25, 0.3) is 0 Å². The zero-order chi connectivity index (χ0) is 19.9. The van der Waals surface area contributed by atoms with Gasteiger partial charge in [0.1, 0.15) is 0 Å². The molecule has 2 aromatic heterocycles. The number of carbonyl (C=O) groups excluding carboxylic acids is 1. The van der Waals surface area contributed by atoms with Crippen LogP contribution in [0.15, 0.2) is 60.9 Å². The highest BCUT2D eigenvalue weighted by Crippen LogP contribution is 2.18. The number of anilines is 3. The summed E-state index contributed by atoms with van der Waals surface area (Å²) in [6, 6.07) is 15.3. The minimum atomic E-state index is -0.150. The topological polar surface area (TPSA) is 74.2 Å². The van der Waals surface area contributed by atoms with Crippen LogP contribution in [0, 0.1) is 0 Å². The highest BCUT2D eigenvalue weighted by atomic mass is 16.2. The lowest BCUT2D eigenvalue weighted by Crippen LogP contribution is -2.29. The minimum Gasteiger partial charge on any atom is -0.378 e. The maximum atomic E-state index is 12.5. The molecule has 0 aliphatic rings. The fourth-order valence-electron chi connectivity index (χ4n) is 2.65. The number of hydrogen-bond donors (Lipinski definition) is 1. The minimum absolute atomic E-state index is 0.150. The van der Waals surface area contributed by atoms with Crippen LogP contribution in [0.3, 0.4) is 0 Å². The van der Waals surface area contributed by atoms with Crippen LogP contribution in [0.4, 0.5) is 17.2 Å². The summed E-state index contributed by atoms with van der Waals surface area (Å²) in [6.45, 7) is 0.600. The Kier molecular flexibility index (Phi) is 6.16. The van der Waals surface area contributed by atoms with Crippen molar-refractivity contribution in [2.75, 3.05) is 37.9 Å². The molecule has 0 radical (unpaired) electrons. The standard InChI is InChI=1S/C21H24N6O/c1-26(2)18-6-4-17(5-7-18)23-20-9-8-19(24-25-20)21(28)27(3)15-12-16-10-13-22-14-11-16/h4-11,13-14H,12,15H2,1-3H3,(H,23,25). The molecule has 0 fully saturated rings. The van der Waals surface area contributed by atoms with Gasteiger partial charge in [0, 0.05) is 51.5 Å². The summed E-state index contributed by atoms with van der Waals surface area (Å²) in [6.07, 6.45) is 4.27. The number of carbonyl (C=O) groups is 1. The van der Waals surface area contributed by atoms with E-state index < -0.39 is 0 Å². The summed E-state index contributed by atoms with van der Waals surface area (Å²) >= 11 is 0. The first kappa shape index (κ1) is 19.3. The van der Waals surface area contributed by atoms with Gasteiger partial charge in [0.2, 0.25) is 0 Å². The number of pyridine rings is 1. The SMILES string of the molecule is CN(CCc1ccncc1)C(=O)c1ccc(Nc2ccc(N(C)C)cc2)nn1. The fourth-order valence-corrected chi connectivity index (χ4v) is 2.65. The highest BCUT2D eigenvalue weighted by molar-refractivity contribution is 5.92. The number of rotatable bonds is 7.